The Morgan fingerprint density at radius 3 is 2.39 bits per heavy atom. The second-order valence-electron chi connectivity index (χ2n) is 4.74. The first-order valence-electron chi connectivity index (χ1n) is 6.56. The van der Waals surface area contributed by atoms with Gasteiger partial charge in [0.05, 0.1) is 16.1 Å². The monoisotopic (exact) mass is 337 g/mol. The number of sulfonamides is 1. The summed E-state index contributed by atoms with van der Waals surface area (Å²) in [5.74, 6) is -1.28. The molecule has 0 saturated heterocycles. The summed E-state index contributed by atoms with van der Waals surface area (Å²) >= 11 is 0. The van der Waals surface area contributed by atoms with E-state index < -0.39 is 21.7 Å². The lowest BCUT2D eigenvalue weighted by atomic mass is 10.1. The Bertz CT molecular complexity index is 857. The van der Waals surface area contributed by atoms with E-state index in [9.17, 15) is 17.2 Å². The first-order valence-corrected chi connectivity index (χ1v) is 8.11. The van der Waals surface area contributed by atoms with E-state index in [1.54, 1.807) is 0 Å². The van der Waals surface area contributed by atoms with Crippen LogP contribution in [0.5, 0.6) is 0 Å². The van der Waals surface area contributed by atoms with Crippen molar-refractivity contribution in [1.29, 1.82) is 5.26 Å². The Kier molecular flexibility index (Phi) is 4.93. The number of nitrogens with one attached hydrogen (secondary N) is 1. The zero-order valence-corrected chi connectivity index (χ0v) is 12.7. The SMILES string of the molecule is N#Cc1cc(S(N)(=O)=O)ccc1NCCc1c(F)cccc1F. The van der Waals surface area contributed by atoms with Gasteiger partial charge < -0.3 is 5.32 Å². The van der Waals surface area contributed by atoms with Crippen LogP contribution in [0.2, 0.25) is 0 Å². The first-order chi connectivity index (χ1) is 10.8. The maximum atomic E-state index is 13.5. The Hall–Kier alpha value is -2.50. The maximum absolute atomic E-state index is 13.5. The number of nitrogens with zero attached hydrogens (tertiary/aromatic N) is 1. The Morgan fingerprint density at radius 2 is 1.83 bits per heavy atom. The molecule has 0 spiro atoms. The number of nitriles is 1. The van der Waals surface area contributed by atoms with E-state index >= 15 is 0 Å². The van der Waals surface area contributed by atoms with Crippen LogP contribution in [-0.2, 0) is 16.4 Å². The number of halogens is 2. The number of benzene rings is 2. The number of hydrogen-bond donors (Lipinski definition) is 2. The van der Waals surface area contributed by atoms with E-state index in [0.717, 1.165) is 6.07 Å². The molecule has 3 N–H and O–H groups in total. The van der Waals surface area contributed by atoms with Crippen molar-refractivity contribution in [2.45, 2.75) is 11.3 Å². The molecule has 0 fully saturated rings. The predicted molar refractivity (Wildman–Crippen MR) is 81.1 cm³/mol. The van der Waals surface area contributed by atoms with Crippen LogP contribution in [0.1, 0.15) is 11.1 Å². The molecular formula is C15H13F2N3O2S. The minimum atomic E-state index is -3.90. The molecule has 2 aromatic rings. The van der Waals surface area contributed by atoms with Crippen LogP contribution in [0.15, 0.2) is 41.3 Å². The van der Waals surface area contributed by atoms with Crippen LogP contribution >= 0.6 is 0 Å². The van der Waals surface area contributed by atoms with E-state index in [-0.39, 0.29) is 29.0 Å². The van der Waals surface area contributed by atoms with Gasteiger partial charge in [-0.05, 0) is 36.8 Å². The third-order valence-corrected chi connectivity index (χ3v) is 4.10. The molecule has 0 aliphatic heterocycles. The van der Waals surface area contributed by atoms with Crippen LogP contribution in [0.3, 0.4) is 0 Å². The zero-order valence-electron chi connectivity index (χ0n) is 11.9. The topological polar surface area (TPSA) is 96.0 Å². The fourth-order valence-corrected chi connectivity index (χ4v) is 2.58. The van der Waals surface area contributed by atoms with E-state index in [1.807, 2.05) is 6.07 Å². The summed E-state index contributed by atoms with van der Waals surface area (Å²) in [4.78, 5) is -0.181. The summed E-state index contributed by atoms with van der Waals surface area (Å²) in [6, 6.07) is 9.24. The van der Waals surface area contributed by atoms with Gasteiger partial charge in [-0.1, -0.05) is 6.07 Å². The largest absolute Gasteiger partial charge is 0.384 e. The van der Waals surface area contributed by atoms with Crippen LogP contribution in [0, 0.1) is 23.0 Å². The van der Waals surface area contributed by atoms with Crippen molar-refractivity contribution in [1.82, 2.24) is 0 Å². The van der Waals surface area contributed by atoms with Gasteiger partial charge in [0.25, 0.3) is 0 Å². The van der Waals surface area contributed by atoms with Crippen LogP contribution in [0.25, 0.3) is 0 Å². The van der Waals surface area contributed by atoms with Crippen molar-refractivity contribution < 1.29 is 17.2 Å². The number of anilines is 1. The van der Waals surface area contributed by atoms with Gasteiger partial charge >= 0.3 is 0 Å². The molecule has 0 aromatic heterocycles. The van der Waals surface area contributed by atoms with Crippen molar-refractivity contribution >= 4 is 15.7 Å². The van der Waals surface area contributed by atoms with Gasteiger partial charge in [0, 0.05) is 12.1 Å². The fourth-order valence-electron chi connectivity index (χ4n) is 2.04. The normalized spacial score (nSPS) is 11.0. The lowest BCUT2D eigenvalue weighted by Gasteiger charge is -2.10. The Balaban J connectivity index is 2.14. The van der Waals surface area contributed by atoms with Gasteiger partial charge in [-0.2, -0.15) is 5.26 Å². The molecular weight excluding hydrogens is 324 g/mol. The summed E-state index contributed by atoms with van der Waals surface area (Å²) in [6.07, 6.45) is 0.0698. The number of hydrogen-bond acceptors (Lipinski definition) is 4. The fraction of sp³-hybridized carbons (Fsp3) is 0.133. The van der Waals surface area contributed by atoms with Crippen molar-refractivity contribution in [3.63, 3.8) is 0 Å². The molecule has 23 heavy (non-hydrogen) atoms. The van der Waals surface area contributed by atoms with Crippen molar-refractivity contribution in [3.8, 4) is 6.07 Å². The smallest absolute Gasteiger partial charge is 0.238 e. The van der Waals surface area contributed by atoms with Crippen molar-refractivity contribution in [2.75, 3.05) is 11.9 Å². The Morgan fingerprint density at radius 1 is 1.17 bits per heavy atom. The van der Waals surface area contributed by atoms with Crippen molar-refractivity contribution in [3.05, 3.63) is 59.2 Å². The highest BCUT2D eigenvalue weighted by Gasteiger charge is 2.12. The molecule has 0 heterocycles. The van der Waals surface area contributed by atoms with E-state index in [1.165, 1.54) is 30.3 Å². The third kappa shape index (κ3) is 4.03. The van der Waals surface area contributed by atoms with Gasteiger partial charge in [-0.15, -0.1) is 0 Å². The molecule has 8 heteroatoms. The first kappa shape index (κ1) is 16.9. The minimum Gasteiger partial charge on any atom is -0.384 e. The van der Waals surface area contributed by atoms with Gasteiger partial charge in [0.15, 0.2) is 0 Å². The summed E-state index contributed by atoms with van der Waals surface area (Å²) < 4.78 is 49.5. The zero-order chi connectivity index (χ0) is 17.0. The summed E-state index contributed by atoms with van der Waals surface area (Å²) in [6.45, 7) is 0.168. The Labute approximate surface area is 132 Å². The molecule has 0 bridgehead atoms. The van der Waals surface area contributed by atoms with Gasteiger partial charge in [0.2, 0.25) is 10.0 Å². The van der Waals surface area contributed by atoms with E-state index in [0.29, 0.717) is 5.69 Å². The molecule has 5 nitrogen and oxygen atoms in total. The lowest BCUT2D eigenvalue weighted by molar-refractivity contribution is 0.557. The highest BCUT2D eigenvalue weighted by atomic mass is 32.2. The molecule has 120 valence electrons. The molecule has 0 radical (unpaired) electrons. The standard InChI is InChI=1S/C15H13F2N3O2S/c16-13-2-1-3-14(17)12(13)6-7-20-15-5-4-11(23(19,21)22)8-10(15)9-18/h1-5,8,20H,6-7H2,(H2,19,21,22). The number of nitrogens with two attached hydrogens (primary N) is 1. The van der Waals surface area contributed by atoms with Crippen LogP contribution < -0.4 is 10.5 Å². The quantitative estimate of drug-likeness (QED) is 0.873. The third-order valence-electron chi connectivity index (χ3n) is 3.19. The molecule has 0 aliphatic carbocycles. The molecule has 0 saturated carbocycles. The van der Waals surface area contributed by atoms with Gasteiger partial charge in [-0.25, -0.2) is 22.3 Å². The molecule has 2 rings (SSSR count). The molecule has 0 unspecified atom stereocenters. The highest BCUT2D eigenvalue weighted by Crippen LogP contribution is 2.20. The molecule has 0 amide bonds. The summed E-state index contributed by atoms with van der Waals surface area (Å²) in [5, 5.41) is 16.9. The maximum Gasteiger partial charge on any atom is 0.238 e. The second kappa shape index (κ2) is 6.73. The second-order valence-corrected chi connectivity index (χ2v) is 6.30. The van der Waals surface area contributed by atoms with Crippen LogP contribution in [-0.4, -0.2) is 15.0 Å². The number of primary sulfonamides is 1. The van der Waals surface area contributed by atoms with Gasteiger partial charge in [-0.3, -0.25) is 0 Å². The average molecular weight is 337 g/mol. The number of rotatable bonds is 5. The average Bonchev–Trinajstić information content (AvgIpc) is 2.49. The van der Waals surface area contributed by atoms with E-state index in [2.05, 4.69) is 5.32 Å². The highest BCUT2D eigenvalue weighted by molar-refractivity contribution is 7.89. The van der Waals surface area contributed by atoms with Crippen LogP contribution in [0.4, 0.5) is 14.5 Å². The predicted octanol–water partition coefficient (Wildman–Crippen LogP) is 2.14. The molecule has 0 aliphatic rings. The molecule has 2 aromatic carbocycles. The summed E-state index contributed by atoms with van der Waals surface area (Å²) in [7, 11) is -3.90. The molecule has 0 atom stereocenters. The van der Waals surface area contributed by atoms with E-state index in [4.69, 9.17) is 10.4 Å². The van der Waals surface area contributed by atoms with Crippen molar-refractivity contribution in [2.24, 2.45) is 5.14 Å². The lowest BCUT2D eigenvalue weighted by Crippen LogP contribution is -2.13. The van der Waals surface area contributed by atoms with Gasteiger partial charge in [0.1, 0.15) is 17.7 Å². The minimum absolute atomic E-state index is 0.0559. The summed E-state index contributed by atoms with van der Waals surface area (Å²) in [5.41, 5.74) is 0.377.